The second-order valence-corrected chi connectivity index (χ2v) is 8.94. The van der Waals surface area contributed by atoms with Crippen LogP contribution in [-0.4, -0.2) is 47.7 Å². The summed E-state index contributed by atoms with van der Waals surface area (Å²) in [6, 6.07) is 11.8. The number of carbonyl (C=O) groups excluding carboxylic acids is 1. The van der Waals surface area contributed by atoms with Gasteiger partial charge in [0.1, 0.15) is 5.52 Å². The zero-order chi connectivity index (χ0) is 20.3. The third kappa shape index (κ3) is 4.32. The highest BCUT2D eigenvalue weighted by molar-refractivity contribution is 7.89. The summed E-state index contributed by atoms with van der Waals surface area (Å²) in [5.74, 6) is -0.142. The van der Waals surface area contributed by atoms with Gasteiger partial charge in [-0.25, -0.2) is 17.4 Å². The topological polar surface area (TPSA) is 97.2 Å². The number of nitrogens with one attached hydrogen (secondary N) is 1. The summed E-state index contributed by atoms with van der Waals surface area (Å²) in [4.78, 5) is 12.3. The van der Waals surface area contributed by atoms with Crippen LogP contribution in [-0.2, 0) is 21.4 Å². The molecule has 0 aliphatic heterocycles. The van der Waals surface area contributed by atoms with E-state index in [0.717, 1.165) is 4.31 Å². The molecule has 0 aliphatic carbocycles. The van der Waals surface area contributed by atoms with Crippen molar-refractivity contribution in [2.45, 2.75) is 24.3 Å². The van der Waals surface area contributed by atoms with Crippen LogP contribution in [0.1, 0.15) is 12.8 Å². The van der Waals surface area contributed by atoms with E-state index in [0.29, 0.717) is 41.1 Å². The number of amides is 1. The van der Waals surface area contributed by atoms with E-state index >= 15 is 0 Å². The highest BCUT2D eigenvalue weighted by Crippen LogP contribution is 2.21. The molecule has 0 saturated heterocycles. The Morgan fingerprint density at radius 2 is 1.96 bits per heavy atom. The van der Waals surface area contributed by atoms with Crippen LogP contribution in [0.25, 0.3) is 11.0 Å². The number of hydrogen-bond donors (Lipinski definition) is 1. The molecule has 0 unspecified atom stereocenters. The van der Waals surface area contributed by atoms with Gasteiger partial charge in [0.25, 0.3) is 0 Å². The largest absolute Gasteiger partial charge is 0.325 e. The fourth-order valence-corrected chi connectivity index (χ4v) is 3.76. The summed E-state index contributed by atoms with van der Waals surface area (Å²) in [6.07, 6.45) is 0.839. The molecule has 1 N–H and O–H groups in total. The van der Waals surface area contributed by atoms with Crippen molar-refractivity contribution < 1.29 is 13.2 Å². The number of para-hydroxylation sites is 1. The molecule has 0 fully saturated rings. The SMILES string of the molecule is CN(C)S(=O)(=O)c1ccc2c(c1)nnn2CCCC(=O)Nc1ccccc1Cl. The third-order valence-corrected chi connectivity index (χ3v) is 6.33. The van der Waals surface area contributed by atoms with Crippen LogP contribution in [0.2, 0.25) is 5.02 Å². The standard InChI is InChI=1S/C18H20ClN5O3S/c1-23(2)28(26,27)13-9-10-17-16(12-13)21-22-24(17)11-5-8-18(25)20-15-7-4-3-6-14(15)19/h3-4,6-7,9-10,12H,5,8,11H2,1-2H3,(H,20,25). The number of nitrogens with zero attached hydrogens (tertiary/aromatic N) is 4. The number of rotatable bonds is 7. The van der Waals surface area contributed by atoms with Gasteiger partial charge in [-0.05, 0) is 36.8 Å². The Morgan fingerprint density at radius 1 is 1.21 bits per heavy atom. The van der Waals surface area contributed by atoms with Gasteiger partial charge in [0.15, 0.2) is 0 Å². The molecule has 3 rings (SSSR count). The van der Waals surface area contributed by atoms with Crippen molar-refractivity contribution in [3.05, 3.63) is 47.5 Å². The fraction of sp³-hybridized carbons (Fsp3) is 0.278. The Labute approximate surface area is 168 Å². The van der Waals surface area contributed by atoms with E-state index < -0.39 is 10.0 Å². The molecule has 8 nitrogen and oxygen atoms in total. The van der Waals surface area contributed by atoms with Crippen LogP contribution in [0.5, 0.6) is 0 Å². The van der Waals surface area contributed by atoms with Crippen LogP contribution in [0.3, 0.4) is 0 Å². The lowest BCUT2D eigenvalue weighted by molar-refractivity contribution is -0.116. The van der Waals surface area contributed by atoms with Crippen molar-refractivity contribution in [2.75, 3.05) is 19.4 Å². The minimum Gasteiger partial charge on any atom is -0.325 e. The Hall–Kier alpha value is -2.49. The molecular formula is C18H20ClN5O3S. The number of fused-ring (bicyclic) bond motifs is 1. The molecule has 0 aliphatic rings. The Bertz CT molecular complexity index is 1110. The third-order valence-electron chi connectivity index (χ3n) is 4.19. The number of aryl methyl sites for hydroxylation is 1. The van der Waals surface area contributed by atoms with Crippen LogP contribution < -0.4 is 5.32 Å². The molecule has 0 saturated carbocycles. The molecule has 3 aromatic rings. The van der Waals surface area contributed by atoms with E-state index in [4.69, 9.17) is 11.6 Å². The van der Waals surface area contributed by atoms with Crippen LogP contribution in [0.4, 0.5) is 5.69 Å². The van der Waals surface area contributed by atoms with Gasteiger partial charge in [-0.15, -0.1) is 5.10 Å². The van der Waals surface area contributed by atoms with Crippen molar-refractivity contribution in [1.82, 2.24) is 19.3 Å². The van der Waals surface area contributed by atoms with Gasteiger partial charge in [0.05, 0.1) is 21.1 Å². The number of hydrogen-bond acceptors (Lipinski definition) is 5. The maximum Gasteiger partial charge on any atom is 0.242 e. The Balaban J connectivity index is 1.64. The predicted molar refractivity (Wildman–Crippen MR) is 108 cm³/mol. The maximum absolute atomic E-state index is 12.2. The number of carbonyl (C=O) groups is 1. The normalized spacial score (nSPS) is 11.9. The Kier molecular flexibility index (Phi) is 5.97. The van der Waals surface area contributed by atoms with Gasteiger partial charge in [-0.2, -0.15) is 0 Å². The number of sulfonamides is 1. The summed E-state index contributed by atoms with van der Waals surface area (Å²) in [7, 11) is -0.576. The number of halogens is 1. The molecular weight excluding hydrogens is 402 g/mol. The van der Waals surface area contributed by atoms with Gasteiger partial charge < -0.3 is 5.32 Å². The van der Waals surface area contributed by atoms with Gasteiger partial charge in [0.2, 0.25) is 15.9 Å². The first-order valence-corrected chi connectivity index (χ1v) is 10.4. The number of aromatic nitrogens is 3. The molecule has 10 heteroatoms. The molecule has 1 heterocycles. The first kappa shape index (κ1) is 20.2. The molecule has 28 heavy (non-hydrogen) atoms. The van der Waals surface area contributed by atoms with E-state index in [1.54, 1.807) is 35.0 Å². The predicted octanol–water partition coefficient (Wildman–Crippen LogP) is 2.75. The van der Waals surface area contributed by atoms with E-state index in [1.165, 1.54) is 26.2 Å². The number of benzene rings is 2. The lowest BCUT2D eigenvalue weighted by Gasteiger charge is -2.11. The summed E-state index contributed by atoms with van der Waals surface area (Å²) in [6.45, 7) is 0.478. The highest BCUT2D eigenvalue weighted by Gasteiger charge is 2.18. The molecule has 148 valence electrons. The molecule has 0 bridgehead atoms. The molecule has 1 amide bonds. The maximum atomic E-state index is 12.2. The molecule has 0 radical (unpaired) electrons. The van der Waals surface area contributed by atoms with E-state index in [9.17, 15) is 13.2 Å². The van der Waals surface area contributed by atoms with Crippen LogP contribution in [0, 0.1) is 0 Å². The fourth-order valence-electron chi connectivity index (χ4n) is 2.65. The van der Waals surface area contributed by atoms with Crippen molar-refractivity contribution in [1.29, 1.82) is 0 Å². The lowest BCUT2D eigenvalue weighted by atomic mass is 10.2. The Morgan fingerprint density at radius 3 is 2.68 bits per heavy atom. The second-order valence-electron chi connectivity index (χ2n) is 6.38. The van der Waals surface area contributed by atoms with Crippen molar-refractivity contribution in [3.63, 3.8) is 0 Å². The van der Waals surface area contributed by atoms with E-state index in [2.05, 4.69) is 15.6 Å². The van der Waals surface area contributed by atoms with E-state index in [1.807, 2.05) is 0 Å². The minimum absolute atomic E-state index is 0.142. The van der Waals surface area contributed by atoms with Crippen molar-refractivity contribution in [2.24, 2.45) is 0 Å². The van der Waals surface area contributed by atoms with Crippen molar-refractivity contribution >= 4 is 44.3 Å². The molecule has 2 aromatic carbocycles. The van der Waals surface area contributed by atoms with Crippen LogP contribution in [0.15, 0.2) is 47.4 Å². The average molecular weight is 422 g/mol. The second kappa shape index (κ2) is 8.26. The summed E-state index contributed by atoms with van der Waals surface area (Å²) < 4.78 is 27.2. The summed E-state index contributed by atoms with van der Waals surface area (Å²) in [5.41, 5.74) is 1.78. The minimum atomic E-state index is -3.53. The average Bonchev–Trinajstić information content (AvgIpc) is 3.06. The van der Waals surface area contributed by atoms with Gasteiger partial charge in [-0.1, -0.05) is 28.9 Å². The number of anilines is 1. The van der Waals surface area contributed by atoms with Crippen molar-refractivity contribution in [3.8, 4) is 0 Å². The monoisotopic (exact) mass is 421 g/mol. The van der Waals surface area contributed by atoms with Crippen LogP contribution >= 0.6 is 11.6 Å². The summed E-state index contributed by atoms with van der Waals surface area (Å²) >= 11 is 6.03. The quantitative estimate of drug-likeness (QED) is 0.632. The first-order valence-electron chi connectivity index (χ1n) is 8.59. The first-order chi connectivity index (χ1) is 13.3. The summed E-state index contributed by atoms with van der Waals surface area (Å²) in [5, 5.41) is 11.4. The molecule has 0 atom stereocenters. The molecule has 1 aromatic heterocycles. The zero-order valence-corrected chi connectivity index (χ0v) is 17.0. The lowest BCUT2D eigenvalue weighted by Crippen LogP contribution is -2.22. The molecule has 0 spiro atoms. The smallest absolute Gasteiger partial charge is 0.242 e. The van der Waals surface area contributed by atoms with Gasteiger partial charge >= 0.3 is 0 Å². The van der Waals surface area contributed by atoms with Gasteiger partial charge in [-0.3, -0.25) is 4.79 Å². The van der Waals surface area contributed by atoms with Gasteiger partial charge in [0, 0.05) is 27.1 Å². The van der Waals surface area contributed by atoms with E-state index in [-0.39, 0.29) is 10.8 Å². The zero-order valence-electron chi connectivity index (χ0n) is 15.5. The highest BCUT2D eigenvalue weighted by atomic mass is 35.5.